The van der Waals surface area contributed by atoms with Gasteiger partial charge in [0.2, 0.25) is 0 Å². The Balaban J connectivity index is 3.84. The molecule has 0 spiro atoms. The summed E-state index contributed by atoms with van der Waals surface area (Å²) in [6.07, 6.45) is 5.18. The zero-order valence-corrected chi connectivity index (χ0v) is 7.39. The van der Waals surface area contributed by atoms with E-state index in [2.05, 4.69) is 19.1 Å². The summed E-state index contributed by atoms with van der Waals surface area (Å²) < 4.78 is 0. The molecule has 1 N–H and O–H groups in total. The van der Waals surface area contributed by atoms with Gasteiger partial charge in [0.15, 0.2) is 0 Å². The van der Waals surface area contributed by atoms with Crippen LogP contribution in [0.2, 0.25) is 0 Å². The van der Waals surface area contributed by atoms with Crippen molar-refractivity contribution in [2.45, 2.75) is 39.7 Å². The van der Waals surface area contributed by atoms with E-state index in [1.165, 1.54) is 0 Å². The highest BCUT2D eigenvalue weighted by Crippen LogP contribution is 2.16. The van der Waals surface area contributed by atoms with Crippen LogP contribution < -0.4 is 0 Å². The molecule has 10 heavy (non-hydrogen) atoms. The molecule has 0 aromatic rings. The minimum atomic E-state index is -0.578. The maximum Gasteiger partial charge on any atom is 0.0651 e. The summed E-state index contributed by atoms with van der Waals surface area (Å²) in [5, 5.41) is 9.46. The maximum absolute atomic E-state index is 9.46. The minimum Gasteiger partial charge on any atom is -0.390 e. The number of hydrogen-bond donors (Lipinski definition) is 1. The molecule has 0 aliphatic heterocycles. The molecule has 0 bridgehead atoms. The van der Waals surface area contributed by atoms with Gasteiger partial charge in [0, 0.05) is 5.92 Å². The Morgan fingerprint density at radius 2 is 2.00 bits per heavy atom. The van der Waals surface area contributed by atoms with Crippen LogP contribution in [0, 0.1) is 5.92 Å². The van der Waals surface area contributed by atoms with Gasteiger partial charge < -0.3 is 5.11 Å². The summed E-state index contributed by atoms with van der Waals surface area (Å²) >= 11 is 0. The smallest absolute Gasteiger partial charge is 0.0651 e. The Labute approximate surface area is 63.8 Å². The van der Waals surface area contributed by atoms with Crippen LogP contribution in [0.25, 0.3) is 0 Å². The van der Waals surface area contributed by atoms with Gasteiger partial charge in [-0.3, -0.25) is 0 Å². The van der Waals surface area contributed by atoms with Gasteiger partial charge in [-0.1, -0.05) is 26.0 Å². The third kappa shape index (κ3) is 3.67. The van der Waals surface area contributed by atoms with Crippen LogP contribution in [0.15, 0.2) is 12.2 Å². The van der Waals surface area contributed by atoms with E-state index in [4.69, 9.17) is 0 Å². The van der Waals surface area contributed by atoms with Crippen LogP contribution in [0.3, 0.4) is 0 Å². The van der Waals surface area contributed by atoms with Crippen LogP contribution in [0.4, 0.5) is 0 Å². The van der Waals surface area contributed by atoms with E-state index in [1.807, 2.05) is 20.8 Å². The number of aliphatic hydroxyl groups is 1. The van der Waals surface area contributed by atoms with Crippen molar-refractivity contribution in [3.05, 3.63) is 12.2 Å². The van der Waals surface area contributed by atoms with E-state index < -0.39 is 5.60 Å². The number of rotatable bonds is 3. The van der Waals surface area contributed by atoms with E-state index in [0.717, 1.165) is 6.42 Å². The minimum absolute atomic E-state index is 0.243. The second kappa shape index (κ2) is 3.77. The fourth-order valence-electron chi connectivity index (χ4n) is 0.576. The van der Waals surface area contributed by atoms with Crippen LogP contribution in [0.5, 0.6) is 0 Å². The van der Waals surface area contributed by atoms with E-state index in [-0.39, 0.29) is 5.92 Å². The topological polar surface area (TPSA) is 20.2 Å². The Kier molecular flexibility index (Phi) is 3.66. The molecule has 0 heterocycles. The van der Waals surface area contributed by atoms with E-state index >= 15 is 0 Å². The first-order valence-corrected chi connectivity index (χ1v) is 3.87. The maximum atomic E-state index is 9.46. The van der Waals surface area contributed by atoms with Crippen molar-refractivity contribution in [3.63, 3.8) is 0 Å². The summed E-state index contributed by atoms with van der Waals surface area (Å²) in [5.74, 6) is 0.243. The van der Waals surface area contributed by atoms with Crippen molar-refractivity contribution in [1.82, 2.24) is 0 Å². The predicted octanol–water partition coefficient (Wildman–Crippen LogP) is 2.36. The molecule has 0 aliphatic rings. The van der Waals surface area contributed by atoms with Crippen molar-refractivity contribution in [2.75, 3.05) is 0 Å². The van der Waals surface area contributed by atoms with Gasteiger partial charge >= 0.3 is 0 Å². The quantitative estimate of drug-likeness (QED) is 0.600. The van der Waals surface area contributed by atoms with Crippen LogP contribution in [0.1, 0.15) is 34.1 Å². The molecule has 0 saturated heterocycles. The molecular formula is C9H18O. The Morgan fingerprint density at radius 1 is 1.50 bits per heavy atom. The average Bonchev–Trinajstić information content (AvgIpc) is 1.80. The van der Waals surface area contributed by atoms with Gasteiger partial charge in [-0.15, -0.1) is 0 Å². The molecule has 0 amide bonds. The summed E-state index contributed by atoms with van der Waals surface area (Å²) in [6, 6.07) is 0. The lowest BCUT2D eigenvalue weighted by atomic mass is 9.92. The summed E-state index contributed by atoms with van der Waals surface area (Å²) in [4.78, 5) is 0. The summed E-state index contributed by atoms with van der Waals surface area (Å²) in [5.41, 5.74) is -0.578. The van der Waals surface area contributed by atoms with Gasteiger partial charge in [0.25, 0.3) is 0 Å². The van der Waals surface area contributed by atoms with Gasteiger partial charge in [0.05, 0.1) is 5.60 Å². The summed E-state index contributed by atoms with van der Waals surface area (Å²) in [7, 11) is 0. The third-order valence-electron chi connectivity index (χ3n) is 1.77. The highest BCUT2D eigenvalue weighted by Gasteiger charge is 2.18. The third-order valence-corrected chi connectivity index (χ3v) is 1.77. The van der Waals surface area contributed by atoms with Gasteiger partial charge in [-0.05, 0) is 20.3 Å². The van der Waals surface area contributed by atoms with Crippen molar-refractivity contribution in [3.8, 4) is 0 Å². The lowest BCUT2D eigenvalue weighted by Gasteiger charge is -2.22. The monoisotopic (exact) mass is 142 g/mol. The molecule has 0 radical (unpaired) electrons. The van der Waals surface area contributed by atoms with Crippen molar-refractivity contribution in [2.24, 2.45) is 5.92 Å². The number of hydrogen-bond acceptors (Lipinski definition) is 1. The molecule has 1 atom stereocenters. The van der Waals surface area contributed by atoms with Crippen LogP contribution >= 0.6 is 0 Å². The molecule has 0 aliphatic carbocycles. The van der Waals surface area contributed by atoms with Crippen molar-refractivity contribution in [1.29, 1.82) is 0 Å². The van der Waals surface area contributed by atoms with Crippen molar-refractivity contribution < 1.29 is 5.11 Å². The fraction of sp³-hybridized carbons (Fsp3) is 0.778. The highest BCUT2D eigenvalue weighted by atomic mass is 16.3. The molecule has 0 aromatic carbocycles. The average molecular weight is 142 g/mol. The van der Waals surface area contributed by atoms with Gasteiger partial charge in [-0.2, -0.15) is 0 Å². The Morgan fingerprint density at radius 3 is 2.30 bits per heavy atom. The molecule has 1 nitrogen and oxygen atoms in total. The van der Waals surface area contributed by atoms with Crippen molar-refractivity contribution >= 4 is 0 Å². The second-order valence-corrected chi connectivity index (χ2v) is 3.28. The Hall–Kier alpha value is -0.300. The number of allylic oxidation sites excluding steroid dienone is 1. The van der Waals surface area contributed by atoms with Gasteiger partial charge in [0.1, 0.15) is 0 Å². The van der Waals surface area contributed by atoms with Gasteiger partial charge in [-0.25, -0.2) is 0 Å². The molecule has 0 aromatic heterocycles. The molecule has 0 unspecified atom stereocenters. The molecule has 0 fully saturated rings. The predicted molar refractivity (Wildman–Crippen MR) is 44.9 cm³/mol. The normalized spacial score (nSPS) is 16.1. The first-order valence-electron chi connectivity index (χ1n) is 3.87. The molecule has 0 rings (SSSR count). The van der Waals surface area contributed by atoms with E-state index in [1.54, 1.807) is 0 Å². The van der Waals surface area contributed by atoms with E-state index in [9.17, 15) is 5.11 Å². The van der Waals surface area contributed by atoms with E-state index in [0.29, 0.717) is 0 Å². The first-order chi connectivity index (χ1) is 4.48. The molecule has 60 valence electrons. The largest absolute Gasteiger partial charge is 0.390 e. The lowest BCUT2D eigenvalue weighted by Crippen LogP contribution is -2.26. The fourth-order valence-corrected chi connectivity index (χ4v) is 0.576. The first kappa shape index (κ1) is 9.70. The lowest BCUT2D eigenvalue weighted by molar-refractivity contribution is 0.0440. The zero-order chi connectivity index (χ0) is 8.20. The standard InChI is InChI=1S/C9H18O/c1-5-6-7-8(2)9(3,4)10/h6-8,10H,5H2,1-4H3/b7-6+/t8-/m1/s1. The summed E-state index contributed by atoms with van der Waals surface area (Å²) in [6.45, 7) is 7.77. The molecular weight excluding hydrogens is 124 g/mol. The second-order valence-electron chi connectivity index (χ2n) is 3.28. The molecule has 1 heteroatoms. The zero-order valence-electron chi connectivity index (χ0n) is 7.39. The van der Waals surface area contributed by atoms with Crippen LogP contribution in [-0.2, 0) is 0 Å². The van der Waals surface area contributed by atoms with Crippen LogP contribution in [-0.4, -0.2) is 10.7 Å². The SMILES string of the molecule is CC/C=C/[C@@H](C)C(C)(C)O. The Bertz CT molecular complexity index is 108. The molecule has 0 saturated carbocycles. The highest BCUT2D eigenvalue weighted by molar-refractivity contribution is 4.92.